The quantitative estimate of drug-likeness (QED) is 0.851. The van der Waals surface area contributed by atoms with Crippen molar-refractivity contribution in [3.05, 3.63) is 30.1 Å². The highest BCUT2D eigenvalue weighted by Crippen LogP contribution is 2.09. The third-order valence-electron chi connectivity index (χ3n) is 3.12. The van der Waals surface area contributed by atoms with Crippen LogP contribution in [0.15, 0.2) is 24.5 Å². The summed E-state index contributed by atoms with van der Waals surface area (Å²) in [6.45, 7) is 3.88. The fourth-order valence-electron chi connectivity index (χ4n) is 2.07. The molecule has 1 fully saturated rings. The molecule has 0 unspecified atom stereocenters. The van der Waals surface area contributed by atoms with Gasteiger partial charge in [-0.05, 0) is 31.0 Å². The molecule has 0 saturated carbocycles. The molecule has 1 atom stereocenters. The number of piperazine rings is 1. The number of sulfonamides is 1. The van der Waals surface area contributed by atoms with E-state index < -0.39 is 10.0 Å². The van der Waals surface area contributed by atoms with Gasteiger partial charge >= 0.3 is 0 Å². The standard InChI is InChI=1S/C12H19N3O2S/c1-11-10-15(8-7-14-11)18(16,17)9-4-12-2-5-13-6-3-12/h2-3,5-6,11,14H,4,7-10H2,1H3/t11-/m0/s1. The molecular formula is C12H19N3O2S. The van der Waals surface area contributed by atoms with Crippen LogP contribution in [-0.4, -0.2) is 49.1 Å². The molecule has 1 aliphatic rings. The van der Waals surface area contributed by atoms with E-state index in [0.29, 0.717) is 19.5 Å². The topological polar surface area (TPSA) is 62.3 Å². The largest absolute Gasteiger partial charge is 0.312 e. The van der Waals surface area contributed by atoms with Gasteiger partial charge in [-0.3, -0.25) is 4.98 Å². The minimum Gasteiger partial charge on any atom is -0.312 e. The van der Waals surface area contributed by atoms with E-state index in [9.17, 15) is 8.42 Å². The number of hydrogen-bond acceptors (Lipinski definition) is 4. The number of aryl methyl sites for hydroxylation is 1. The molecule has 0 aromatic carbocycles. The number of pyridine rings is 1. The van der Waals surface area contributed by atoms with Gasteiger partial charge in [0.2, 0.25) is 10.0 Å². The number of rotatable bonds is 4. The molecule has 0 bridgehead atoms. The zero-order valence-corrected chi connectivity index (χ0v) is 11.4. The van der Waals surface area contributed by atoms with Crippen molar-refractivity contribution in [2.75, 3.05) is 25.4 Å². The maximum Gasteiger partial charge on any atom is 0.214 e. The van der Waals surface area contributed by atoms with Crippen LogP contribution in [0, 0.1) is 0 Å². The van der Waals surface area contributed by atoms with Crippen LogP contribution in [0.5, 0.6) is 0 Å². The predicted molar refractivity (Wildman–Crippen MR) is 70.8 cm³/mol. The third-order valence-corrected chi connectivity index (χ3v) is 4.96. The van der Waals surface area contributed by atoms with E-state index in [4.69, 9.17) is 0 Å². The van der Waals surface area contributed by atoms with E-state index >= 15 is 0 Å². The van der Waals surface area contributed by atoms with Crippen LogP contribution >= 0.6 is 0 Å². The van der Waals surface area contributed by atoms with Crippen molar-refractivity contribution in [2.24, 2.45) is 0 Å². The second-order valence-electron chi connectivity index (χ2n) is 4.63. The van der Waals surface area contributed by atoms with Gasteiger partial charge in [-0.2, -0.15) is 4.31 Å². The Morgan fingerprint density at radius 3 is 2.83 bits per heavy atom. The van der Waals surface area contributed by atoms with Crippen molar-refractivity contribution < 1.29 is 8.42 Å². The van der Waals surface area contributed by atoms with Gasteiger partial charge in [0, 0.05) is 38.1 Å². The first-order chi connectivity index (χ1) is 8.58. The molecule has 0 spiro atoms. The molecular weight excluding hydrogens is 250 g/mol. The van der Waals surface area contributed by atoms with Crippen LogP contribution in [-0.2, 0) is 16.4 Å². The van der Waals surface area contributed by atoms with Crippen LogP contribution in [0.4, 0.5) is 0 Å². The van der Waals surface area contributed by atoms with E-state index in [2.05, 4.69) is 10.3 Å². The fraction of sp³-hybridized carbons (Fsp3) is 0.583. The van der Waals surface area contributed by atoms with Gasteiger partial charge in [0.15, 0.2) is 0 Å². The molecule has 100 valence electrons. The molecule has 0 aliphatic carbocycles. The summed E-state index contributed by atoms with van der Waals surface area (Å²) in [5.41, 5.74) is 1.01. The lowest BCUT2D eigenvalue weighted by Crippen LogP contribution is -2.51. The second kappa shape index (κ2) is 5.77. The first-order valence-corrected chi connectivity index (χ1v) is 7.79. The van der Waals surface area contributed by atoms with Crippen LogP contribution in [0.1, 0.15) is 12.5 Å². The highest BCUT2D eigenvalue weighted by Gasteiger charge is 2.26. The lowest BCUT2D eigenvalue weighted by atomic mass is 10.2. The normalized spacial score (nSPS) is 21.9. The van der Waals surface area contributed by atoms with Gasteiger partial charge < -0.3 is 5.32 Å². The molecule has 2 rings (SSSR count). The molecule has 0 radical (unpaired) electrons. The van der Waals surface area contributed by atoms with Crippen LogP contribution in [0.3, 0.4) is 0 Å². The molecule has 2 heterocycles. The van der Waals surface area contributed by atoms with Gasteiger partial charge in [0.05, 0.1) is 5.75 Å². The van der Waals surface area contributed by atoms with Gasteiger partial charge in [0.1, 0.15) is 0 Å². The van der Waals surface area contributed by atoms with Crippen LogP contribution in [0.25, 0.3) is 0 Å². The summed E-state index contributed by atoms with van der Waals surface area (Å²) < 4.78 is 26.0. The van der Waals surface area contributed by atoms with E-state index in [1.807, 2.05) is 19.1 Å². The zero-order chi connectivity index (χ0) is 13.0. The molecule has 1 aromatic heterocycles. The minimum absolute atomic E-state index is 0.170. The van der Waals surface area contributed by atoms with Crippen molar-refractivity contribution in [1.29, 1.82) is 0 Å². The smallest absolute Gasteiger partial charge is 0.214 e. The van der Waals surface area contributed by atoms with Gasteiger partial charge in [-0.15, -0.1) is 0 Å². The minimum atomic E-state index is -3.14. The predicted octanol–water partition coefficient (Wildman–Crippen LogP) is 0.248. The van der Waals surface area contributed by atoms with Crippen LogP contribution in [0.2, 0.25) is 0 Å². The Hall–Kier alpha value is -0.980. The lowest BCUT2D eigenvalue weighted by Gasteiger charge is -2.31. The summed E-state index contributed by atoms with van der Waals surface area (Å²) in [4.78, 5) is 3.92. The monoisotopic (exact) mass is 269 g/mol. The summed E-state index contributed by atoms with van der Waals surface area (Å²) in [7, 11) is -3.14. The molecule has 18 heavy (non-hydrogen) atoms. The maximum atomic E-state index is 12.2. The Bertz CT molecular complexity index is 475. The van der Waals surface area contributed by atoms with Crippen molar-refractivity contribution in [3.8, 4) is 0 Å². The summed E-state index contributed by atoms with van der Waals surface area (Å²) >= 11 is 0. The van der Waals surface area contributed by atoms with Gasteiger partial charge in [-0.25, -0.2) is 8.42 Å². The van der Waals surface area contributed by atoms with Crippen LogP contribution < -0.4 is 5.32 Å². The van der Waals surface area contributed by atoms with Crippen molar-refractivity contribution >= 4 is 10.0 Å². The van der Waals surface area contributed by atoms with Crippen molar-refractivity contribution in [1.82, 2.24) is 14.6 Å². The Morgan fingerprint density at radius 1 is 1.44 bits per heavy atom. The van der Waals surface area contributed by atoms with E-state index in [-0.39, 0.29) is 11.8 Å². The SMILES string of the molecule is C[C@H]1CN(S(=O)(=O)CCc2ccncc2)CCN1. The molecule has 0 amide bonds. The molecule has 1 aromatic rings. The first kappa shape index (κ1) is 13.5. The molecule has 6 heteroatoms. The molecule has 1 saturated heterocycles. The maximum absolute atomic E-state index is 12.2. The third kappa shape index (κ3) is 3.51. The average molecular weight is 269 g/mol. The lowest BCUT2D eigenvalue weighted by molar-refractivity contribution is 0.310. The number of nitrogens with zero attached hydrogens (tertiary/aromatic N) is 2. The number of hydrogen-bond donors (Lipinski definition) is 1. The molecule has 1 aliphatic heterocycles. The van der Waals surface area contributed by atoms with E-state index in [0.717, 1.165) is 12.1 Å². The van der Waals surface area contributed by atoms with E-state index in [1.54, 1.807) is 16.7 Å². The second-order valence-corrected chi connectivity index (χ2v) is 6.72. The number of nitrogens with one attached hydrogen (secondary N) is 1. The Balaban J connectivity index is 1.95. The molecule has 5 nitrogen and oxygen atoms in total. The highest BCUT2D eigenvalue weighted by molar-refractivity contribution is 7.89. The Morgan fingerprint density at radius 2 is 2.17 bits per heavy atom. The Kier molecular flexibility index (Phi) is 4.31. The first-order valence-electron chi connectivity index (χ1n) is 6.18. The van der Waals surface area contributed by atoms with Crippen molar-refractivity contribution in [3.63, 3.8) is 0 Å². The fourth-order valence-corrected chi connectivity index (χ4v) is 3.65. The zero-order valence-electron chi connectivity index (χ0n) is 10.5. The molecule has 1 N–H and O–H groups in total. The van der Waals surface area contributed by atoms with E-state index in [1.165, 1.54) is 0 Å². The number of aromatic nitrogens is 1. The summed E-state index contributed by atoms with van der Waals surface area (Å²) in [6, 6.07) is 3.95. The summed E-state index contributed by atoms with van der Waals surface area (Å²) in [6.07, 6.45) is 3.92. The Labute approximate surface area is 108 Å². The average Bonchev–Trinajstić information content (AvgIpc) is 2.38. The van der Waals surface area contributed by atoms with Gasteiger partial charge in [-0.1, -0.05) is 0 Å². The van der Waals surface area contributed by atoms with Gasteiger partial charge in [0.25, 0.3) is 0 Å². The summed E-state index contributed by atoms with van der Waals surface area (Å²) in [5.74, 6) is 0.170. The van der Waals surface area contributed by atoms with Crippen molar-refractivity contribution in [2.45, 2.75) is 19.4 Å². The highest BCUT2D eigenvalue weighted by atomic mass is 32.2. The summed E-state index contributed by atoms with van der Waals surface area (Å²) in [5, 5.41) is 3.24.